The van der Waals surface area contributed by atoms with E-state index in [4.69, 9.17) is 28.9 Å². The maximum Gasteiger partial charge on any atom is 0.300 e. The van der Waals surface area contributed by atoms with Crippen LogP contribution in [0.5, 0.6) is 0 Å². The van der Waals surface area contributed by atoms with Crippen LogP contribution >= 0.6 is 23.2 Å². The number of rotatable bonds is 2. The molecule has 1 aromatic rings. The van der Waals surface area contributed by atoms with Crippen molar-refractivity contribution in [3.63, 3.8) is 0 Å². The van der Waals surface area contributed by atoms with Gasteiger partial charge in [0, 0.05) is 5.02 Å². The molecule has 0 spiro atoms. The highest BCUT2D eigenvalue weighted by atomic mass is 35.5. The predicted octanol–water partition coefficient (Wildman–Crippen LogP) is 1.01. The number of hydrogen-bond donors (Lipinski definition) is 1. The molecule has 0 saturated heterocycles. The number of nitrogens with zero attached hydrogens (tertiary/aromatic N) is 1. The minimum absolute atomic E-state index is 0.0914. The van der Waals surface area contributed by atoms with E-state index in [-0.39, 0.29) is 27.8 Å². The quantitative estimate of drug-likeness (QED) is 0.816. The van der Waals surface area contributed by atoms with Gasteiger partial charge in [0.1, 0.15) is 6.54 Å². The van der Waals surface area contributed by atoms with Crippen molar-refractivity contribution in [2.24, 2.45) is 5.73 Å². The molecule has 1 aliphatic heterocycles. The highest BCUT2D eigenvalue weighted by Crippen LogP contribution is 2.37. The SMILES string of the molecule is NC(=O)CN1C(=O)C(=O)c2cc(Cl)cc(Cl)c21. The molecule has 2 amide bonds. The average Bonchev–Trinajstić information content (AvgIpc) is 2.43. The van der Waals surface area contributed by atoms with Gasteiger partial charge >= 0.3 is 0 Å². The second-order valence-corrected chi connectivity index (χ2v) is 4.31. The Morgan fingerprint density at radius 2 is 1.94 bits per heavy atom. The minimum atomic E-state index is -0.831. The smallest absolute Gasteiger partial charge is 0.300 e. The summed E-state index contributed by atoms with van der Waals surface area (Å²) in [6.45, 7) is -0.390. The van der Waals surface area contributed by atoms with Crippen LogP contribution in [0.3, 0.4) is 0 Å². The zero-order chi connectivity index (χ0) is 12.7. The molecule has 2 rings (SSSR count). The van der Waals surface area contributed by atoms with Crippen LogP contribution in [0.15, 0.2) is 12.1 Å². The van der Waals surface area contributed by atoms with Crippen molar-refractivity contribution in [1.82, 2.24) is 0 Å². The van der Waals surface area contributed by atoms with E-state index in [9.17, 15) is 14.4 Å². The third-order valence-corrected chi connectivity index (χ3v) is 2.80. The zero-order valence-electron chi connectivity index (χ0n) is 8.37. The monoisotopic (exact) mass is 272 g/mol. The number of primary amides is 1. The lowest BCUT2D eigenvalue weighted by atomic mass is 10.1. The van der Waals surface area contributed by atoms with Crippen LogP contribution in [0.2, 0.25) is 10.0 Å². The van der Waals surface area contributed by atoms with E-state index < -0.39 is 17.6 Å². The van der Waals surface area contributed by atoms with Crippen LogP contribution in [0.4, 0.5) is 5.69 Å². The first-order valence-corrected chi connectivity index (χ1v) is 5.31. The van der Waals surface area contributed by atoms with Crippen molar-refractivity contribution < 1.29 is 14.4 Å². The van der Waals surface area contributed by atoms with Crippen LogP contribution in [-0.2, 0) is 9.59 Å². The first-order chi connectivity index (χ1) is 7.91. The first kappa shape index (κ1) is 11.9. The summed E-state index contributed by atoms with van der Waals surface area (Å²) in [6.07, 6.45) is 0. The molecule has 0 unspecified atom stereocenters. The zero-order valence-corrected chi connectivity index (χ0v) is 9.88. The summed E-state index contributed by atoms with van der Waals surface area (Å²) in [5, 5.41) is 0.378. The maximum absolute atomic E-state index is 11.6. The molecule has 0 aliphatic carbocycles. The number of Topliss-reactive ketones (excluding diaryl/α,β-unsaturated/α-hetero) is 1. The summed E-state index contributed by atoms with van der Waals surface area (Å²) >= 11 is 11.6. The van der Waals surface area contributed by atoms with E-state index in [1.807, 2.05) is 0 Å². The molecule has 0 radical (unpaired) electrons. The van der Waals surface area contributed by atoms with Crippen LogP contribution in [0, 0.1) is 0 Å². The molecule has 2 N–H and O–H groups in total. The average molecular weight is 273 g/mol. The van der Waals surface area contributed by atoms with E-state index in [1.54, 1.807) is 0 Å². The van der Waals surface area contributed by atoms with Crippen molar-refractivity contribution in [3.05, 3.63) is 27.7 Å². The second kappa shape index (κ2) is 4.01. The highest BCUT2D eigenvalue weighted by molar-refractivity contribution is 6.55. The minimum Gasteiger partial charge on any atom is -0.368 e. The second-order valence-electron chi connectivity index (χ2n) is 3.47. The van der Waals surface area contributed by atoms with Gasteiger partial charge in [-0.05, 0) is 12.1 Å². The molecule has 88 valence electrons. The standard InChI is InChI=1S/C10H6Cl2N2O3/c11-4-1-5-8(6(12)2-4)14(3-7(13)15)10(17)9(5)16/h1-2H,3H2,(H2,13,15). The van der Waals surface area contributed by atoms with Crippen molar-refractivity contribution in [2.45, 2.75) is 0 Å². The van der Waals surface area contributed by atoms with Gasteiger partial charge in [0.25, 0.3) is 11.7 Å². The number of carbonyl (C=O) groups excluding carboxylic acids is 3. The molecule has 0 saturated carbocycles. The van der Waals surface area contributed by atoms with Gasteiger partial charge in [-0.25, -0.2) is 0 Å². The maximum atomic E-state index is 11.6. The molecule has 17 heavy (non-hydrogen) atoms. The summed E-state index contributed by atoms with van der Waals surface area (Å²) in [4.78, 5) is 35.1. The fraction of sp³-hybridized carbons (Fsp3) is 0.100. The topological polar surface area (TPSA) is 80.5 Å². The summed E-state index contributed by atoms with van der Waals surface area (Å²) in [7, 11) is 0. The summed E-state index contributed by atoms with van der Waals surface area (Å²) in [6, 6.07) is 2.73. The first-order valence-electron chi connectivity index (χ1n) is 4.55. The molecular formula is C10H6Cl2N2O3. The van der Waals surface area contributed by atoms with Gasteiger partial charge < -0.3 is 5.73 Å². The van der Waals surface area contributed by atoms with Crippen molar-refractivity contribution >= 4 is 46.5 Å². The number of fused-ring (bicyclic) bond motifs is 1. The Hall–Kier alpha value is -1.59. The molecule has 5 nitrogen and oxygen atoms in total. The van der Waals surface area contributed by atoms with Gasteiger partial charge in [-0.3, -0.25) is 19.3 Å². The van der Waals surface area contributed by atoms with Gasteiger partial charge in [0.05, 0.1) is 16.3 Å². The largest absolute Gasteiger partial charge is 0.368 e. The Kier molecular flexibility index (Phi) is 2.81. The van der Waals surface area contributed by atoms with Gasteiger partial charge in [-0.1, -0.05) is 23.2 Å². The Bertz CT molecular complexity index is 557. The number of anilines is 1. The van der Waals surface area contributed by atoms with Crippen molar-refractivity contribution in [1.29, 1.82) is 0 Å². The molecule has 7 heteroatoms. The van der Waals surface area contributed by atoms with E-state index in [0.29, 0.717) is 0 Å². The normalized spacial score (nSPS) is 14.1. The number of amides is 2. The highest BCUT2D eigenvalue weighted by Gasteiger charge is 2.38. The lowest BCUT2D eigenvalue weighted by molar-refractivity contribution is -0.119. The number of benzene rings is 1. The molecule has 1 aromatic carbocycles. The van der Waals surface area contributed by atoms with Crippen molar-refractivity contribution in [3.8, 4) is 0 Å². The third kappa shape index (κ3) is 1.87. The Morgan fingerprint density at radius 1 is 1.29 bits per heavy atom. The molecule has 1 aliphatic rings. The number of nitrogens with two attached hydrogens (primary N) is 1. The fourth-order valence-electron chi connectivity index (χ4n) is 1.66. The van der Waals surface area contributed by atoms with E-state index in [1.165, 1.54) is 12.1 Å². The van der Waals surface area contributed by atoms with Crippen LogP contribution < -0.4 is 10.6 Å². The van der Waals surface area contributed by atoms with Crippen molar-refractivity contribution in [2.75, 3.05) is 11.4 Å². The van der Waals surface area contributed by atoms with Crippen LogP contribution in [-0.4, -0.2) is 24.1 Å². The molecule has 0 atom stereocenters. The molecule has 1 heterocycles. The number of hydrogen-bond acceptors (Lipinski definition) is 3. The van der Waals surface area contributed by atoms with E-state index in [2.05, 4.69) is 0 Å². The van der Waals surface area contributed by atoms with E-state index in [0.717, 1.165) is 4.90 Å². The summed E-state index contributed by atoms with van der Waals surface area (Å²) < 4.78 is 0. The summed E-state index contributed by atoms with van der Waals surface area (Å²) in [5.41, 5.74) is 5.28. The van der Waals surface area contributed by atoms with Gasteiger partial charge in [-0.15, -0.1) is 0 Å². The Morgan fingerprint density at radius 3 is 2.53 bits per heavy atom. The van der Waals surface area contributed by atoms with Crippen LogP contribution in [0.1, 0.15) is 10.4 Å². The molecule has 0 bridgehead atoms. The summed E-state index contributed by atoms with van der Waals surface area (Å²) in [5.74, 6) is -2.31. The number of halogens is 2. The predicted molar refractivity (Wildman–Crippen MR) is 62.3 cm³/mol. The fourth-order valence-corrected chi connectivity index (χ4v) is 2.25. The molecule has 0 aromatic heterocycles. The van der Waals surface area contributed by atoms with Gasteiger partial charge in [0.2, 0.25) is 5.91 Å². The lowest BCUT2D eigenvalue weighted by Crippen LogP contribution is -2.37. The Labute approximate surface area is 106 Å². The lowest BCUT2D eigenvalue weighted by Gasteiger charge is -2.15. The number of carbonyl (C=O) groups is 3. The van der Waals surface area contributed by atoms with Gasteiger partial charge in [-0.2, -0.15) is 0 Å². The molecule has 0 fully saturated rings. The van der Waals surface area contributed by atoms with Crippen LogP contribution in [0.25, 0.3) is 0 Å². The van der Waals surface area contributed by atoms with E-state index >= 15 is 0 Å². The number of ketones is 1. The third-order valence-electron chi connectivity index (χ3n) is 2.30. The van der Waals surface area contributed by atoms with Gasteiger partial charge in [0.15, 0.2) is 0 Å². The Balaban J connectivity index is 2.60. The molecular weight excluding hydrogens is 267 g/mol.